The normalized spacial score (nSPS) is 19.2. The molecule has 1 amide bonds. The Balaban J connectivity index is 1.32. The van der Waals surface area contributed by atoms with Crippen molar-refractivity contribution in [2.24, 2.45) is 0 Å². The molecule has 0 radical (unpaired) electrons. The topological polar surface area (TPSA) is 72.7 Å². The van der Waals surface area contributed by atoms with Crippen molar-refractivity contribution in [1.82, 2.24) is 25.5 Å². The molecule has 0 saturated heterocycles. The van der Waals surface area contributed by atoms with Crippen molar-refractivity contribution in [3.8, 4) is 5.69 Å². The van der Waals surface area contributed by atoms with Crippen LogP contribution in [0.1, 0.15) is 27.7 Å². The van der Waals surface area contributed by atoms with Crippen molar-refractivity contribution in [3.05, 3.63) is 58.0 Å². The number of aromatic nitrogens is 4. The lowest BCUT2D eigenvalue weighted by atomic mass is 10.1. The predicted octanol–water partition coefficient (Wildman–Crippen LogP) is 2.25. The third-order valence-electron chi connectivity index (χ3n) is 4.18. The number of aryl methyl sites for hydroxylation is 1. The zero-order chi connectivity index (χ0) is 16.5. The molecule has 0 aliphatic heterocycles. The fourth-order valence-corrected chi connectivity index (χ4v) is 3.87. The van der Waals surface area contributed by atoms with Gasteiger partial charge in [0.05, 0.1) is 12.1 Å². The maximum atomic E-state index is 12.2. The first kappa shape index (κ1) is 15.0. The second kappa shape index (κ2) is 6.16. The Hall–Kier alpha value is -2.54. The van der Waals surface area contributed by atoms with Crippen molar-refractivity contribution in [2.75, 3.05) is 0 Å². The van der Waals surface area contributed by atoms with Crippen LogP contribution in [0.4, 0.5) is 0 Å². The molecule has 2 atom stereocenters. The summed E-state index contributed by atoms with van der Waals surface area (Å²) in [5.41, 5.74) is 1.85. The summed E-state index contributed by atoms with van der Waals surface area (Å²) in [6.07, 6.45) is 2.98. The minimum Gasteiger partial charge on any atom is -0.352 e. The van der Waals surface area contributed by atoms with E-state index in [4.69, 9.17) is 0 Å². The first-order valence-electron chi connectivity index (χ1n) is 7.87. The summed E-state index contributed by atoms with van der Waals surface area (Å²) in [6.45, 7) is 2.11. The number of tetrazole rings is 1. The van der Waals surface area contributed by atoms with Crippen LogP contribution < -0.4 is 5.32 Å². The fourth-order valence-electron chi connectivity index (χ4n) is 2.81. The number of hydrogen-bond donors (Lipinski definition) is 1. The van der Waals surface area contributed by atoms with E-state index < -0.39 is 0 Å². The van der Waals surface area contributed by atoms with Crippen LogP contribution in [0.25, 0.3) is 5.69 Å². The van der Waals surface area contributed by atoms with Crippen LogP contribution in [0.3, 0.4) is 0 Å². The average molecular weight is 339 g/mol. The molecule has 2 aromatic heterocycles. The summed E-state index contributed by atoms with van der Waals surface area (Å²) < 4.78 is 1.58. The minimum atomic E-state index is 0.0750. The van der Waals surface area contributed by atoms with Gasteiger partial charge in [-0.2, -0.15) is 0 Å². The Morgan fingerprint density at radius 3 is 2.79 bits per heavy atom. The van der Waals surface area contributed by atoms with Crippen molar-refractivity contribution < 1.29 is 4.79 Å². The van der Waals surface area contributed by atoms with E-state index in [0.29, 0.717) is 12.3 Å². The van der Waals surface area contributed by atoms with Gasteiger partial charge in [-0.1, -0.05) is 12.1 Å². The van der Waals surface area contributed by atoms with Crippen LogP contribution in [0.5, 0.6) is 0 Å². The Morgan fingerprint density at radius 2 is 2.12 bits per heavy atom. The van der Waals surface area contributed by atoms with Gasteiger partial charge >= 0.3 is 0 Å². The van der Waals surface area contributed by atoms with Gasteiger partial charge in [-0.15, -0.1) is 16.4 Å². The summed E-state index contributed by atoms with van der Waals surface area (Å²) in [6, 6.07) is 12.3. The summed E-state index contributed by atoms with van der Waals surface area (Å²) >= 11 is 1.82. The third kappa shape index (κ3) is 3.21. The van der Waals surface area contributed by atoms with Gasteiger partial charge < -0.3 is 5.32 Å². The Bertz CT molecular complexity index is 840. The second-order valence-corrected chi connectivity index (χ2v) is 7.38. The molecule has 1 aliphatic rings. The molecule has 3 aromatic rings. The van der Waals surface area contributed by atoms with Gasteiger partial charge in [-0.3, -0.25) is 4.79 Å². The smallest absolute Gasteiger partial charge is 0.224 e. The van der Waals surface area contributed by atoms with E-state index in [9.17, 15) is 4.79 Å². The highest BCUT2D eigenvalue weighted by atomic mass is 32.1. The van der Waals surface area contributed by atoms with Gasteiger partial charge in [0.1, 0.15) is 6.33 Å². The highest BCUT2D eigenvalue weighted by Gasteiger charge is 2.40. The first-order valence-corrected chi connectivity index (χ1v) is 8.69. The lowest BCUT2D eigenvalue weighted by molar-refractivity contribution is -0.120. The first-order chi connectivity index (χ1) is 11.7. The molecule has 122 valence electrons. The van der Waals surface area contributed by atoms with E-state index in [1.807, 2.05) is 35.6 Å². The predicted molar refractivity (Wildman–Crippen MR) is 91.2 cm³/mol. The number of nitrogens with zero attached hydrogens (tertiary/aromatic N) is 4. The minimum absolute atomic E-state index is 0.0750. The number of nitrogens with one attached hydrogen (secondary N) is 1. The molecule has 24 heavy (non-hydrogen) atoms. The SMILES string of the molecule is Cc1ccc([C@H]2C[C@H]2NC(=O)Cc2ccc(-n3cnnn3)cc2)s1. The molecule has 1 fully saturated rings. The Labute approximate surface area is 143 Å². The molecule has 1 N–H and O–H groups in total. The molecule has 0 bridgehead atoms. The van der Waals surface area contributed by atoms with Crippen molar-refractivity contribution in [1.29, 1.82) is 0 Å². The molecular weight excluding hydrogens is 322 g/mol. The number of thiophene rings is 1. The molecule has 6 nitrogen and oxygen atoms in total. The summed E-state index contributed by atoms with van der Waals surface area (Å²) in [5.74, 6) is 0.570. The van der Waals surface area contributed by atoms with E-state index in [2.05, 4.69) is 39.9 Å². The van der Waals surface area contributed by atoms with Gasteiger partial charge in [0, 0.05) is 21.7 Å². The maximum absolute atomic E-state index is 12.2. The van der Waals surface area contributed by atoms with E-state index in [-0.39, 0.29) is 11.9 Å². The number of carbonyl (C=O) groups excluding carboxylic acids is 1. The summed E-state index contributed by atoms with van der Waals surface area (Å²) in [4.78, 5) is 14.9. The standard InChI is InChI=1S/C17H17N5OS/c1-11-2-7-16(24-11)14-9-15(14)19-17(23)8-12-3-5-13(6-4-12)22-10-18-20-21-22/h2-7,10,14-15H,8-9H2,1H3,(H,19,23)/t14-,15+/m0/s1. The highest BCUT2D eigenvalue weighted by molar-refractivity contribution is 7.12. The number of rotatable bonds is 5. The van der Waals surface area contributed by atoms with Crippen LogP contribution >= 0.6 is 11.3 Å². The summed E-state index contributed by atoms with van der Waals surface area (Å²) in [5, 5.41) is 14.2. The lowest BCUT2D eigenvalue weighted by Crippen LogP contribution is -2.28. The molecule has 7 heteroatoms. The number of amides is 1. The lowest BCUT2D eigenvalue weighted by Gasteiger charge is -2.05. The van der Waals surface area contributed by atoms with Crippen LogP contribution in [0.2, 0.25) is 0 Å². The number of benzene rings is 1. The van der Waals surface area contributed by atoms with Crippen molar-refractivity contribution in [3.63, 3.8) is 0 Å². The summed E-state index contributed by atoms with van der Waals surface area (Å²) in [7, 11) is 0. The van der Waals surface area contributed by atoms with Gasteiger partial charge in [-0.05, 0) is 53.6 Å². The zero-order valence-corrected chi connectivity index (χ0v) is 14.0. The van der Waals surface area contributed by atoms with Crippen LogP contribution in [-0.4, -0.2) is 32.2 Å². The zero-order valence-electron chi connectivity index (χ0n) is 13.2. The molecule has 0 unspecified atom stereocenters. The van der Waals surface area contributed by atoms with Gasteiger partial charge in [0.15, 0.2) is 0 Å². The fraction of sp³-hybridized carbons (Fsp3) is 0.294. The third-order valence-corrected chi connectivity index (χ3v) is 5.31. The van der Waals surface area contributed by atoms with Crippen molar-refractivity contribution in [2.45, 2.75) is 31.7 Å². The van der Waals surface area contributed by atoms with Crippen LogP contribution in [0, 0.1) is 6.92 Å². The molecule has 4 rings (SSSR count). The van der Waals surface area contributed by atoms with Gasteiger partial charge in [0.25, 0.3) is 0 Å². The molecular formula is C17H17N5OS. The Kier molecular flexibility index (Phi) is 3.86. The van der Waals surface area contributed by atoms with E-state index in [1.165, 1.54) is 9.75 Å². The molecule has 1 saturated carbocycles. The molecule has 1 aromatic carbocycles. The number of hydrogen-bond acceptors (Lipinski definition) is 5. The highest BCUT2D eigenvalue weighted by Crippen LogP contribution is 2.43. The quantitative estimate of drug-likeness (QED) is 0.774. The van der Waals surface area contributed by atoms with E-state index >= 15 is 0 Å². The van der Waals surface area contributed by atoms with Gasteiger partial charge in [0.2, 0.25) is 5.91 Å². The average Bonchev–Trinajstić information content (AvgIpc) is 2.99. The molecule has 0 spiro atoms. The number of carbonyl (C=O) groups is 1. The van der Waals surface area contributed by atoms with Crippen LogP contribution in [0.15, 0.2) is 42.7 Å². The largest absolute Gasteiger partial charge is 0.352 e. The van der Waals surface area contributed by atoms with Crippen molar-refractivity contribution >= 4 is 17.2 Å². The van der Waals surface area contributed by atoms with E-state index in [1.54, 1.807) is 11.0 Å². The van der Waals surface area contributed by atoms with E-state index in [0.717, 1.165) is 17.7 Å². The van der Waals surface area contributed by atoms with Crippen LogP contribution in [-0.2, 0) is 11.2 Å². The maximum Gasteiger partial charge on any atom is 0.224 e. The molecule has 2 heterocycles. The second-order valence-electron chi connectivity index (χ2n) is 6.06. The van der Waals surface area contributed by atoms with Gasteiger partial charge in [-0.25, -0.2) is 4.68 Å². The monoisotopic (exact) mass is 339 g/mol. The molecule has 1 aliphatic carbocycles. The Morgan fingerprint density at radius 1 is 1.29 bits per heavy atom.